The fourth-order valence-electron chi connectivity index (χ4n) is 2.16. The van der Waals surface area contributed by atoms with Crippen molar-refractivity contribution in [3.8, 4) is 0 Å². The van der Waals surface area contributed by atoms with E-state index in [2.05, 4.69) is 5.32 Å². The number of carboxylic acid groups (broad SMARTS) is 2. The van der Waals surface area contributed by atoms with Crippen molar-refractivity contribution in [2.75, 3.05) is 20.2 Å². The smallest absolute Gasteiger partial charge is 0.326 e. The largest absolute Gasteiger partial charge is 0.481 e. The van der Waals surface area contributed by atoms with Crippen molar-refractivity contribution in [3.05, 3.63) is 0 Å². The summed E-state index contributed by atoms with van der Waals surface area (Å²) in [6.07, 6.45) is 0.898. The van der Waals surface area contributed by atoms with Gasteiger partial charge in [0, 0.05) is 13.7 Å². The number of carbonyl (C=O) groups is 3. The Balaban J connectivity index is 2.64. The average molecular weight is 288 g/mol. The van der Waals surface area contributed by atoms with Gasteiger partial charge in [0.2, 0.25) is 0 Å². The van der Waals surface area contributed by atoms with Crippen LogP contribution in [0.25, 0.3) is 0 Å². The van der Waals surface area contributed by atoms with E-state index in [1.165, 1.54) is 4.90 Å². The maximum Gasteiger partial charge on any atom is 0.326 e. The molecule has 3 N–H and O–H groups in total. The number of hydrogen-bond donors (Lipinski definition) is 3. The van der Waals surface area contributed by atoms with Gasteiger partial charge in [-0.15, -0.1) is 0 Å². The first-order valence-electron chi connectivity index (χ1n) is 6.32. The van der Waals surface area contributed by atoms with Crippen molar-refractivity contribution in [1.82, 2.24) is 10.2 Å². The van der Waals surface area contributed by atoms with Gasteiger partial charge in [-0.05, 0) is 19.8 Å². The van der Waals surface area contributed by atoms with Gasteiger partial charge in [-0.1, -0.05) is 0 Å². The van der Waals surface area contributed by atoms with Crippen molar-refractivity contribution >= 4 is 18.0 Å². The number of carbonyl (C=O) groups excluding carboxylic acids is 1. The van der Waals surface area contributed by atoms with Crippen molar-refractivity contribution < 1.29 is 29.3 Å². The summed E-state index contributed by atoms with van der Waals surface area (Å²) in [4.78, 5) is 34.9. The van der Waals surface area contributed by atoms with Crippen LogP contribution in [-0.2, 0) is 14.3 Å². The summed E-state index contributed by atoms with van der Waals surface area (Å²) < 4.78 is 5.34. The predicted molar refractivity (Wildman–Crippen MR) is 68.4 cm³/mol. The second kappa shape index (κ2) is 6.56. The van der Waals surface area contributed by atoms with Gasteiger partial charge >= 0.3 is 18.0 Å². The first-order chi connectivity index (χ1) is 9.27. The van der Waals surface area contributed by atoms with E-state index in [-0.39, 0.29) is 0 Å². The molecule has 1 saturated heterocycles. The molecule has 1 rings (SSSR count). The van der Waals surface area contributed by atoms with Crippen LogP contribution < -0.4 is 5.32 Å². The highest BCUT2D eigenvalue weighted by atomic mass is 16.5. The molecule has 0 saturated carbocycles. The number of carboxylic acids is 2. The fraction of sp³-hybridized carbons (Fsp3) is 0.750. The van der Waals surface area contributed by atoms with Gasteiger partial charge in [0.15, 0.2) is 0 Å². The van der Waals surface area contributed by atoms with Crippen LogP contribution in [0.15, 0.2) is 0 Å². The van der Waals surface area contributed by atoms with Gasteiger partial charge in [-0.3, -0.25) is 4.79 Å². The molecule has 0 aromatic heterocycles. The van der Waals surface area contributed by atoms with E-state index >= 15 is 0 Å². The molecule has 0 aliphatic carbocycles. The Bertz CT molecular complexity index is 399. The maximum atomic E-state index is 12.0. The van der Waals surface area contributed by atoms with Crippen LogP contribution in [0, 0.1) is 0 Å². The quantitative estimate of drug-likeness (QED) is 0.662. The summed E-state index contributed by atoms with van der Waals surface area (Å²) in [5, 5.41) is 19.8. The monoisotopic (exact) mass is 288 g/mol. The molecule has 0 radical (unpaired) electrons. The summed E-state index contributed by atoms with van der Waals surface area (Å²) in [5.74, 6) is -2.65. The standard InChI is InChI=1S/C12H20N2O6/c1-12(20-2)4-3-5-14(7-12)11(19)13-8(10(17)18)6-9(15)16/h8H,3-7H2,1-2H3,(H,13,19)(H,15,16)(H,17,18). The minimum absolute atomic E-state index is 0.342. The lowest BCUT2D eigenvalue weighted by Gasteiger charge is -2.39. The lowest BCUT2D eigenvalue weighted by atomic mass is 9.95. The molecule has 1 fully saturated rings. The van der Waals surface area contributed by atoms with Gasteiger partial charge in [0.25, 0.3) is 0 Å². The first kappa shape index (κ1) is 16.2. The lowest BCUT2D eigenvalue weighted by Crippen LogP contribution is -2.55. The second-order valence-electron chi connectivity index (χ2n) is 5.12. The third-order valence-electron chi connectivity index (χ3n) is 3.41. The highest BCUT2D eigenvalue weighted by molar-refractivity contribution is 5.86. The number of urea groups is 1. The Hall–Kier alpha value is -1.83. The van der Waals surface area contributed by atoms with Crippen molar-refractivity contribution in [2.24, 2.45) is 0 Å². The SMILES string of the molecule is COC1(C)CCCN(C(=O)NC(CC(=O)O)C(=O)O)C1. The molecule has 0 bridgehead atoms. The molecule has 0 aromatic carbocycles. The molecule has 20 heavy (non-hydrogen) atoms. The Morgan fingerprint density at radius 3 is 2.55 bits per heavy atom. The van der Waals surface area contributed by atoms with E-state index in [9.17, 15) is 14.4 Å². The highest BCUT2D eigenvalue weighted by Gasteiger charge is 2.34. The zero-order valence-electron chi connectivity index (χ0n) is 11.6. The predicted octanol–water partition coefficient (Wildman–Crippen LogP) is 0.125. The number of methoxy groups -OCH3 is 1. The average Bonchev–Trinajstić information content (AvgIpc) is 2.37. The Labute approximate surface area is 116 Å². The van der Waals surface area contributed by atoms with E-state index < -0.39 is 36.0 Å². The molecule has 0 aromatic rings. The minimum atomic E-state index is -1.43. The summed E-state index contributed by atoms with van der Waals surface area (Å²) in [6.45, 7) is 2.71. The molecular weight excluding hydrogens is 268 g/mol. The van der Waals surface area contributed by atoms with Crippen molar-refractivity contribution in [1.29, 1.82) is 0 Å². The van der Waals surface area contributed by atoms with Crippen molar-refractivity contribution in [3.63, 3.8) is 0 Å². The zero-order chi connectivity index (χ0) is 15.3. The summed E-state index contributed by atoms with van der Waals surface area (Å²) in [6, 6.07) is -2.02. The zero-order valence-corrected chi connectivity index (χ0v) is 11.6. The lowest BCUT2D eigenvalue weighted by molar-refractivity contribution is -0.145. The molecule has 114 valence electrons. The van der Waals surface area contributed by atoms with E-state index in [1.807, 2.05) is 6.92 Å². The molecule has 8 heteroatoms. The van der Waals surface area contributed by atoms with Gasteiger partial charge in [0.1, 0.15) is 6.04 Å². The third-order valence-corrected chi connectivity index (χ3v) is 3.41. The molecule has 0 spiro atoms. The summed E-state index contributed by atoms with van der Waals surface area (Å²) in [5.41, 5.74) is -0.457. The number of nitrogens with zero attached hydrogens (tertiary/aromatic N) is 1. The number of likely N-dealkylation sites (tertiary alicyclic amines) is 1. The minimum Gasteiger partial charge on any atom is -0.481 e. The van der Waals surface area contributed by atoms with Crippen LogP contribution in [0.5, 0.6) is 0 Å². The van der Waals surface area contributed by atoms with Gasteiger partial charge in [-0.25, -0.2) is 9.59 Å². The van der Waals surface area contributed by atoms with Gasteiger partial charge < -0.3 is 25.2 Å². The maximum absolute atomic E-state index is 12.0. The molecule has 1 aliphatic heterocycles. The van der Waals surface area contributed by atoms with E-state index in [0.717, 1.165) is 12.8 Å². The number of aliphatic carboxylic acids is 2. The molecule has 1 aliphatic rings. The number of piperidine rings is 1. The van der Waals surface area contributed by atoms with Crippen LogP contribution in [0.2, 0.25) is 0 Å². The fourth-order valence-corrected chi connectivity index (χ4v) is 2.16. The Morgan fingerprint density at radius 1 is 1.40 bits per heavy atom. The number of hydrogen-bond acceptors (Lipinski definition) is 4. The highest BCUT2D eigenvalue weighted by Crippen LogP contribution is 2.23. The number of amides is 2. The normalized spacial score (nSPS) is 24.0. The van der Waals surface area contributed by atoms with Crippen LogP contribution in [-0.4, -0.2) is 64.9 Å². The second-order valence-corrected chi connectivity index (χ2v) is 5.12. The van der Waals surface area contributed by atoms with E-state index in [4.69, 9.17) is 14.9 Å². The van der Waals surface area contributed by atoms with Gasteiger partial charge in [-0.2, -0.15) is 0 Å². The van der Waals surface area contributed by atoms with Crippen molar-refractivity contribution in [2.45, 2.75) is 37.8 Å². The molecule has 2 amide bonds. The van der Waals surface area contributed by atoms with Crippen LogP contribution in [0.1, 0.15) is 26.2 Å². The Morgan fingerprint density at radius 2 is 2.05 bits per heavy atom. The summed E-state index contributed by atoms with van der Waals surface area (Å²) >= 11 is 0. The van der Waals surface area contributed by atoms with Crippen LogP contribution in [0.4, 0.5) is 4.79 Å². The first-order valence-corrected chi connectivity index (χ1v) is 6.32. The third kappa shape index (κ3) is 4.37. The molecule has 1 heterocycles. The topological polar surface area (TPSA) is 116 Å². The summed E-state index contributed by atoms with van der Waals surface area (Å²) in [7, 11) is 1.56. The Kier molecular flexibility index (Phi) is 5.32. The van der Waals surface area contributed by atoms with Gasteiger partial charge in [0.05, 0.1) is 18.6 Å². The molecule has 2 unspecified atom stereocenters. The number of nitrogens with one attached hydrogen (secondary N) is 1. The molecular formula is C12H20N2O6. The number of ether oxygens (including phenoxy) is 1. The number of rotatable bonds is 5. The van der Waals surface area contributed by atoms with E-state index in [1.54, 1.807) is 7.11 Å². The molecule has 2 atom stereocenters. The van der Waals surface area contributed by atoms with Crippen LogP contribution in [0.3, 0.4) is 0 Å². The molecule has 8 nitrogen and oxygen atoms in total. The van der Waals surface area contributed by atoms with Crippen LogP contribution >= 0.6 is 0 Å². The van der Waals surface area contributed by atoms with E-state index in [0.29, 0.717) is 13.1 Å².